The van der Waals surface area contributed by atoms with Crippen LogP contribution in [0.5, 0.6) is 0 Å². The topological polar surface area (TPSA) is 53.5 Å². The number of alkyl halides is 3. The molecule has 4 rings (SSSR count). The molecule has 152 valence electrons. The molecule has 0 atom stereocenters. The molecule has 3 heterocycles. The maximum absolute atomic E-state index is 14.5. The van der Waals surface area contributed by atoms with Crippen molar-refractivity contribution in [1.29, 1.82) is 0 Å². The number of nitrogens with zero attached hydrogens (tertiary/aromatic N) is 3. The van der Waals surface area contributed by atoms with Gasteiger partial charge in [0.1, 0.15) is 12.4 Å². The van der Waals surface area contributed by atoms with Gasteiger partial charge in [-0.3, -0.25) is 14.6 Å². The minimum atomic E-state index is -4.33. The number of hydrogen-bond donors (Lipinski definition) is 0. The number of carbonyl (C=O) groups is 2. The lowest BCUT2D eigenvalue weighted by Gasteiger charge is -2.40. The summed E-state index contributed by atoms with van der Waals surface area (Å²) in [6.45, 7) is 0.473. The third-order valence-electron chi connectivity index (χ3n) is 5.35. The van der Waals surface area contributed by atoms with Crippen molar-refractivity contribution in [3.8, 4) is 11.1 Å². The van der Waals surface area contributed by atoms with Gasteiger partial charge in [0.15, 0.2) is 0 Å². The Morgan fingerprint density at radius 1 is 1.28 bits per heavy atom. The third-order valence-corrected chi connectivity index (χ3v) is 5.35. The summed E-state index contributed by atoms with van der Waals surface area (Å²) in [7, 11) is 0. The Bertz CT molecular complexity index is 1000. The van der Waals surface area contributed by atoms with Gasteiger partial charge < -0.3 is 9.80 Å². The number of amides is 2. The predicted octanol–water partition coefficient (Wildman–Crippen LogP) is 3.11. The molecule has 1 aromatic heterocycles. The molecule has 2 aliphatic heterocycles. The first-order valence-electron chi connectivity index (χ1n) is 9.04. The van der Waals surface area contributed by atoms with E-state index in [4.69, 9.17) is 0 Å². The van der Waals surface area contributed by atoms with Crippen LogP contribution in [-0.4, -0.2) is 47.5 Å². The van der Waals surface area contributed by atoms with E-state index in [1.807, 2.05) is 0 Å². The quantitative estimate of drug-likeness (QED) is 0.735. The van der Waals surface area contributed by atoms with Crippen molar-refractivity contribution >= 4 is 17.5 Å². The van der Waals surface area contributed by atoms with Crippen LogP contribution in [0.15, 0.2) is 30.5 Å². The molecule has 0 N–H and O–H groups in total. The number of pyridine rings is 1. The number of fused-ring (bicyclic) bond motifs is 1. The summed E-state index contributed by atoms with van der Waals surface area (Å²) in [5, 5.41) is 0. The normalized spacial score (nSPS) is 16.8. The Morgan fingerprint density at radius 2 is 2.00 bits per heavy atom. The molecular formula is C20H17F4N3O2. The van der Waals surface area contributed by atoms with Crippen molar-refractivity contribution in [3.05, 3.63) is 47.5 Å². The molecule has 0 unspecified atom stereocenters. The number of anilines is 1. The highest BCUT2D eigenvalue weighted by Gasteiger charge is 2.49. The number of hydrogen-bond acceptors (Lipinski definition) is 3. The molecule has 0 bridgehead atoms. The van der Waals surface area contributed by atoms with Gasteiger partial charge in [-0.2, -0.15) is 13.2 Å². The van der Waals surface area contributed by atoms with E-state index in [0.29, 0.717) is 28.1 Å². The SMILES string of the molecule is Cc1cccc(-c2cnc3c(c2)N(CC(=O)N2CC(C(F)(F)F)C2)C(=O)C3)c1F. The largest absolute Gasteiger partial charge is 0.395 e. The lowest BCUT2D eigenvalue weighted by molar-refractivity contribution is -0.209. The first-order chi connectivity index (χ1) is 13.6. The molecule has 5 nitrogen and oxygen atoms in total. The van der Waals surface area contributed by atoms with Crippen molar-refractivity contribution < 1.29 is 27.2 Å². The zero-order valence-corrected chi connectivity index (χ0v) is 15.5. The Balaban J connectivity index is 1.55. The fourth-order valence-electron chi connectivity index (χ4n) is 3.54. The van der Waals surface area contributed by atoms with Gasteiger partial charge in [-0.15, -0.1) is 0 Å². The van der Waals surface area contributed by atoms with Gasteiger partial charge in [0.05, 0.1) is 23.7 Å². The van der Waals surface area contributed by atoms with Crippen molar-refractivity contribution in [2.24, 2.45) is 5.92 Å². The monoisotopic (exact) mass is 407 g/mol. The van der Waals surface area contributed by atoms with Crippen molar-refractivity contribution in [2.45, 2.75) is 19.5 Å². The lowest BCUT2D eigenvalue weighted by atomic mass is 9.99. The highest BCUT2D eigenvalue weighted by molar-refractivity contribution is 6.05. The lowest BCUT2D eigenvalue weighted by Crippen LogP contribution is -2.57. The number of likely N-dealkylation sites (tertiary alicyclic amines) is 1. The van der Waals surface area contributed by atoms with Crippen LogP contribution < -0.4 is 4.90 Å². The van der Waals surface area contributed by atoms with Crippen LogP contribution in [0, 0.1) is 18.7 Å². The van der Waals surface area contributed by atoms with Crippen molar-refractivity contribution in [2.75, 3.05) is 24.5 Å². The summed E-state index contributed by atoms with van der Waals surface area (Å²) in [6, 6.07) is 6.52. The standard InChI is InChI=1S/C20H17F4N3O2/c1-11-3-2-4-14(19(11)21)12-5-16-15(25-7-12)6-17(28)27(16)10-18(29)26-8-13(9-26)20(22,23)24/h2-5,7,13H,6,8-10H2,1H3. The van der Waals surface area contributed by atoms with E-state index in [1.165, 1.54) is 11.1 Å². The van der Waals surface area contributed by atoms with Gasteiger partial charge in [-0.05, 0) is 18.6 Å². The van der Waals surface area contributed by atoms with Crippen LogP contribution in [-0.2, 0) is 16.0 Å². The molecule has 0 radical (unpaired) electrons. The summed E-state index contributed by atoms with van der Waals surface area (Å²) in [5.74, 6) is -2.85. The molecule has 0 aliphatic carbocycles. The van der Waals surface area contributed by atoms with Gasteiger partial charge in [-0.25, -0.2) is 4.39 Å². The van der Waals surface area contributed by atoms with E-state index in [-0.39, 0.29) is 18.9 Å². The number of halogens is 4. The highest BCUT2D eigenvalue weighted by Crippen LogP contribution is 2.35. The van der Waals surface area contributed by atoms with E-state index in [1.54, 1.807) is 31.2 Å². The summed E-state index contributed by atoms with van der Waals surface area (Å²) < 4.78 is 52.3. The fourth-order valence-corrected chi connectivity index (χ4v) is 3.54. The number of aryl methyl sites for hydroxylation is 1. The van der Waals surface area contributed by atoms with Gasteiger partial charge in [0.25, 0.3) is 0 Å². The Labute approximate surface area is 163 Å². The Hall–Kier alpha value is -2.97. The van der Waals surface area contributed by atoms with Gasteiger partial charge >= 0.3 is 6.18 Å². The Morgan fingerprint density at radius 3 is 2.69 bits per heavy atom. The predicted molar refractivity (Wildman–Crippen MR) is 96.6 cm³/mol. The van der Waals surface area contributed by atoms with E-state index >= 15 is 0 Å². The zero-order valence-electron chi connectivity index (χ0n) is 15.5. The molecule has 0 spiro atoms. The molecule has 29 heavy (non-hydrogen) atoms. The summed E-state index contributed by atoms with van der Waals surface area (Å²) >= 11 is 0. The Kier molecular flexibility index (Phi) is 4.55. The molecule has 2 aromatic rings. The smallest absolute Gasteiger partial charge is 0.340 e. The van der Waals surface area contributed by atoms with Crippen LogP contribution in [0.25, 0.3) is 11.1 Å². The maximum Gasteiger partial charge on any atom is 0.395 e. The fraction of sp³-hybridized carbons (Fsp3) is 0.350. The van der Waals surface area contributed by atoms with Gasteiger partial charge in [0.2, 0.25) is 11.8 Å². The van der Waals surface area contributed by atoms with E-state index in [9.17, 15) is 27.2 Å². The molecule has 2 amide bonds. The minimum absolute atomic E-state index is 0.00955. The molecule has 1 saturated heterocycles. The van der Waals surface area contributed by atoms with Crippen LogP contribution in [0.1, 0.15) is 11.3 Å². The molecule has 1 aromatic carbocycles. The summed E-state index contributed by atoms with van der Waals surface area (Å²) in [4.78, 5) is 31.2. The third kappa shape index (κ3) is 3.45. The summed E-state index contributed by atoms with van der Waals surface area (Å²) in [5.41, 5.74) is 2.08. The van der Waals surface area contributed by atoms with E-state index in [2.05, 4.69) is 4.98 Å². The second kappa shape index (κ2) is 6.82. The van der Waals surface area contributed by atoms with Crippen molar-refractivity contribution in [1.82, 2.24) is 9.88 Å². The van der Waals surface area contributed by atoms with E-state index < -0.39 is 36.9 Å². The van der Waals surface area contributed by atoms with Crippen LogP contribution in [0.2, 0.25) is 0 Å². The molecule has 1 fully saturated rings. The zero-order chi connectivity index (χ0) is 20.9. The van der Waals surface area contributed by atoms with Crippen LogP contribution in [0.4, 0.5) is 23.2 Å². The number of aromatic nitrogens is 1. The van der Waals surface area contributed by atoms with Gasteiger partial charge in [0, 0.05) is 30.4 Å². The first kappa shape index (κ1) is 19.4. The van der Waals surface area contributed by atoms with E-state index in [0.717, 1.165) is 4.90 Å². The molecular weight excluding hydrogens is 390 g/mol. The average Bonchev–Trinajstić information content (AvgIpc) is 2.90. The first-order valence-corrected chi connectivity index (χ1v) is 9.04. The minimum Gasteiger partial charge on any atom is -0.340 e. The average molecular weight is 407 g/mol. The molecule has 2 aliphatic rings. The number of carbonyl (C=O) groups excluding carboxylic acids is 2. The van der Waals surface area contributed by atoms with Gasteiger partial charge in [-0.1, -0.05) is 18.2 Å². The van der Waals surface area contributed by atoms with Crippen LogP contribution >= 0.6 is 0 Å². The van der Waals surface area contributed by atoms with Crippen LogP contribution in [0.3, 0.4) is 0 Å². The second-order valence-corrected chi connectivity index (χ2v) is 7.32. The van der Waals surface area contributed by atoms with Crippen molar-refractivity contribution in [3.63, 3.8) is 0 Å². The molecule has 0 saturated carbocycles. The number of rotatable bonds is 3. The number of benzene rings is 1. The maximum atomic E-state index is 14.5. The summed E-state index contributed by atoms with van der Waals surface area (Å²) in [6.07, 6.45) is -2.87. The highest BCUT2D eigenvalue weighted by atomic mass is 19.4. The molecule has 9 heteroatoms. The second-order valence-electron chi connectivity index (χ2n) is 7.32.